The number of hydrogen-bond donors (Lipinski definition) is 2. The van der Waals surface area contributed by atoms with Gasteiger partial charge in [0.2, 0.25) is 0 Å². The highest BCUT2D eigenvalue weighted by atomic mass is 19.1. The van der Waals surface area contributed by atoms with Crippen LogP contribution in [0, 0.1) is 17.1 Å². The van der Waals surface area contributed by atoms with Gasteiger partial charge in [0.1, 0.15) is 5.82 Å². The minimum Gasteiger partial charge on any atom is -0.387 e. The second kappa shape index (κ2) is 5.27. The molecule has 0 saturated carbocycles. The Morgan fingerprint density at radius 1 is 1.53 bits per heavy atom. The maximum atomic E-state index is 13.1. The van der Waals surface area contributed by atoms with Crippen molar-refractivity contribution in [1.29, 1.82) is 5.41 Å². The molecule has 2 rings (SSSR count). The van der Waals surface area contributed by atoms with Crippen molar-refractivity contribution in [3.63, 3.8) is 0 Å². The van der Waals surface area contributed by atoms with Crippen molar-refractivity contribution in [3.05, 3.63) is 35.6 Å². The van der Waals surface area contributed by atoms with Crippen LogP contribution in [0.25, 0.3) is 0 Å². The summed E-state index contributed by atoms with van der Waals surface area (Å²) in [7, 11) is 0. The number of nitrogens with one attached hydrogen (secondary N) is 1. The zero-order valence-electron chi connectivity index (χ0n) is 9.82. The van der Waals surface area contributed by atoms with Gasteiger partial charge in [-0.3, -0.25) is 10.3 Å². The minimum absolute atomic E-state index is 0.164. The molecule has 3 nitrogen and oxygen atoms in total. The van der Waals surface area contributed by atoms with Crippen LogP contribution in [0.2, 0.25) is 0 Å². The SMILES string of the molecule is N=C(N)C1CCCN(Cc2cccc(F)c2)C1. The lowest BCUT2D eigenvalue weighted by Crippen LogP contribution is -2.40. The standard InChI is InChI=1S/C13H18FN3/c14-12-5-1-3-10(7-12)8-17-6-2-4-11(9-17)13(15)16/h1,3,5,7,11H,2,4,6,8-9H2,(H3,15,16). The first-order chi connectivity index (χ1) is 8.15. The third-order valence-electron chi connectivity index (χ3n) is 3.24. The van der Waals surface area contributed by atoms with Gasteiger partial charge >= 0.3 is 0 Å². The van der Waals surface area contributed by atoms with Crippen molar-refractivity contribution in [2.75, 3.05) is 13.1 Å². The van der Waals surface area contributed by atoms with Crippen LogP contribution in [0.5, 0.6) is 0 Å². The average Bonchev–Trinajstić information content (AvgIpc) is 2.29. The van der Waals surface area contributed by atoms with Crippen LogP contribution < -0.4 is 5.73 Å². The van der Waals surface area contributed by atoms with E-state index in [-0.39, 0.29) is 17.6 Å². The summed E-state index contributed by atoms with van der Waals surface area (Å²) >= 11 is 0. The lowest BCUT2D eigenvalue weighted by Gasteiger charge is -2.32. The molecule has 0 bridgehead atoms. The Bertz CT molecular complexity index is 405. The number of rotatable bonds is 3. The van der Waals surface area contributed by atoms with E-state index in [9.17, 15) is 4.39 Å². The second-order valence-corrected chi connectivity index (χ2v) is 4.66. The molecule has 1 aliphatic rings. The molecule has 3 N–H and O–H groups in total. The normalized spacial score (nSPS) is 21.4. The van der Waals surface area contributed by atoms with Gasteiger partial charge in [-0.2, -0.15) is 0 Å². The van der Waals surface area contributed by atoms with E-state index in [0.717, 1.165) is 38.0 Å². The van der Waals surface area contributed by atoms with Crippen molar-refractivity contribution in [1.82, 2.24) is 4.90 Å². The molecule has 1 atom stereocenters. The second-order valence-electron chi connectivity index (χ2n) is 4.66. The van der Waals surface area contributed by atoms with Crippen molar-refractivity contribution >= 4 is 5.84 Å². The predicted octanol–water partition coefficient (Wildman–Crippen LogP) is 1.97. The molecule has 0 aliphatic carbocycles. The van der Waals surface area contributed by atoms with Crippen LogP contribution in [0.4, 0.5) is 4.39 Å². The first-order valence-electron chi connectivity index (χ1n) is 5.96. The van der Waals surface area contributed by atoms with Crippen molar-refractivity contribution in [2.45, 2.75) is 19.4 Å². The first kappa shape index (κ1) is 12.0. The van der Waals surface area contributed by atoms with Crippen LogP contribution in [0.1, 0.15) is 18.4 Å². The van der Waals surface area contributed by atoms with Crippen molar-refractivity contribution in [3.8, 4) is 0 Å². The summed E-state index contributed by atoms with van der Waals surface area (Å²) in [5, 5.41) is 7.48. The number of piperidine rings is 1. The molecule has 4 heteroatoms. The Morgan fingerprint density at radius 2 is 2.35 bits per heavy atom. The molecule has 1 aliphatic heterocycles. The monoisotopic (exact) mass is 235 g/mol. The van der Waals surface area contributed by atoms with E-state index in [2.05, 4.69) is 4.90 Å². The summed E-state index contributed by atoms with van der Waals surface area (Å²) in [6.07, 6.45) is 2.05. The van der Waals surface area contributed by atoms with Gasteiger partial charge in [0.15, 0.2) is 0 Å². The van der Waals surface area contributed by atoms with E-state index in [4.69, 9.17) is 11.1 Å². The molecule has 17 heavy (non-hydrogen) atoms. The zero-order valence-corrected chi connectivity index (χ0v) is 9.82. The third kappa shape index (κ3) is 3.27. The zero-order chi connectivity index (χ0) is 12.3. The topological polar surface area (TPSA) is 53.1 Å². The fourth-order valence-corrected chi connectivity index (χ4v) is 2.35. The van der Waals surface area contributed by atoms with Gasteiger partial charge in [0, 0.05) is 19.0 Å². The first-order valence-corrected chi connectivity index (χ1v) is 5.96. The van der Waals surface area contributed by atoms with Gasteiger partial charge in [-0.15, -0.1) is 0 Å². The molecule has 0 radical (unpaired) electrons. The largest absolute Gasteiger partial charge is 0.387 e. The van der Waals surface area contributed by atoms with E-state index in [1.54, 1.807) is 12.1 Å². The maximum absolute atomic E-state index is 13.1. The van der Waals surface area contributed by atoms with Crippen LogP contribution in [-0.2, 0) is 6.54 Å². The van der Waals surface area contributed by atoms with Gasteiger partial charge in [-0.25, -0.2) is 4.39 Å². The average molecular weight is 235 g/mol. The molecule has 1 aromatic rings. The quantitative estimate of drug-likeness (QED) is 0.621. The van der Waals surface area contributed by atoms with Gasteiger partial charge < -0.3 is 5.73 Å². The maximum Gasteiger partial charge on any atom is 0.123 e. The van der Waals surface area contributed by atoms with E-state index >= 15 is 0 Å². The summed E-state index contributed by atoms with van der Waals surface area (Å²) in [4.78, 5) is 2.24. The lowest BCUT2D eigenvalue weighted by atomic mass is 9.96. The summed E-state index contributed by atoms with van der Waals surface area (Å²) in [5.41, 5.74) is 6.52. The van der Waals surface area contributed by atoms with Crippen molar-refractivity contribution < 1.29 is 4.39 Å². The Labute approximate surface area is 101 Å². The number of nitrogens with two attached hydrogens (primary N) is 1. The van der Waals surface area contributed by atoms with Crippen LogP contribution >= 0.6 is 0 Å². The highest BCUT2D eigenvalue weighted by Gasteiger charge is 2.21. The molecule has 0 spiro atoms. The molecular formula is C13H18FN3. The Balaban J connectivity index is 1.97. The lowest BCUT2D eigenvalue weighted by molar-refractivity contribution is 0.195. The number of nitrogens with zero attached hydrogens (tertiary/aromatic N) is 1. The van der Waals surface area contributed by atoms with Crippen LogP contribution in [0.15, 0.2) is 24.3 Å². The molecular weight excluding hydrogens is 217 g/mol. The van der Waals surface area contributed by atoms with Crippen molar-refractivity contribution in [2.24, 2.45) is 11.7 Å². The van der Waals surface area contributed by atoms with Gasteiger partial charge in [-0.1, -0.05) is 12.1 Å². The van der Waals surface area contributed by atoms with E-state index < -0.39 is 0 Å². The summed E-state index contributed by atoms with van der Waals surface area (Å²) < 4.78 is 13.1. The minimum atomic E-state index is -0.192. The Morgan fingerprint density at radius 3 is 3.06 bits per heavy atom. The molecule has 92 valence electrons. The highest BCUT2D eigenvalue weighted by molar-refractivity contribution is 5.79. The number of likely N-dealkylation sites (tertiary alicyclic amines) is 1. The molecule has 1 fully saturated rings. The summed E-state index contributed by atoms with van der Waals surface area (Å²) in [6, 6.07) is 6.69. The van der Waals surface area contributed by atoms with Gasteiger partial charge in [-0.05, 0) is 37.1 Å². The fourth-order valence-electron chi connectivity index (χ4n) is 2.35. The Kier molecular flexibility index (Phi) is 3.74. The molecule has 0 amide bonds. The summed E-state index contributed by atoms with van der Waals surface area (Å²) in [6.45, 7) is 2.55. The Hall–Kier alpha value is -1.42. The van der Waals surface area contributed by atoms with E-state index in [1.165, 1.54) is 6.07 Å². The number of amidine groups is 1. The van der Waals surface area contributed by atoms with Gasteiger partial charge in [0.05, 0.1) is 5.84 Å². The summed E-state index contributed by atoms with van der Waals surface area (Å²) in [5.74, 6) is 0.244. The van der Waals surface area contributed by atoms with E-state index in [0.29, 0.717) is 0 Å². The molecule has 1 unspecified atom stereocenters. The van der Waals surface area contributed by atoms with Crippen LogP contribution in [0.3, 0.4) is 0 Å². The smallest absolute Gasteiger partial charge is 0.123 e. The van der Waals surface area contributed by atoms with E-state index in [1.807, 2.05) is 6.07 Å². The highest BCUT2D eigenvalue weighted by Crippen LogP contribution is 2.18. The van der Waals surface area contributed by atoms with Crippen LogP contribution in [-0.4, -0.2) is 23.8 Å². The molecule has 0 aromatic heterocycles. The molecule has 1 heterocycles. The molecule has 1 saturated heterocycles. The number of halogens is 1. The fraction of sp³-hybridized carbons (Fsp3) is 0.462. The van der Waals surface area contributed by atoms with Gasteiger partial charge in [0.25, 0.3) is 0 Å². The number of hydrogen-bond acceptors (Lipinski definition) is 2. The number of benzene rings is 1. The predicted molar refractivity (Wildman–Crippen MR) is 66.3 cm³/mol. The molecule has 1 aromatic carbocycles. The third-order valence-corrected chi connectivity index (χ3v) is 3.24.